The number of hydrogen-bond acceptors (Lipinski definition) is 0. The molecule has 0 saturated carbocycles. The summed E-state index contributed by atoms with van der Waals surface area (Å²) in [6.07, 6.45) is 7.65. The van der Waals surface area contributed by atoms with E-state index in [2.05, 4.69) is 45.6 Å². The molecule has 0 saturated heterocycles. The van der Waals surface area contributed by atoms with Crippen LogP contribution in [-0.2, 0) is 0 Å². The first-order chi connectivity index (χ1) is 5.74. The van der Waals surface area contributed by atoms with Crippen LogP contribution in [0.3, 0.4) is 0 Å². The van der Waals surface area contributed by atoms with E-state index in [1.54, 1.807) is 0 Å². The van der Waals surface area contributed by atoms with E-state index >= 15 is 0 Å². The van der Waals surface area contributed by atoms with Gasteiger partial charge in [-0.3, -0.25) is 0 Å². The van der Waals surface area contributed by atoms with Gasteiger partial charge in [0.05, 0.1) is 0 Å². The minimum Gasteiger partial charge on any atom is -0.126 e. The fraction of sp³-hybridized carbons (Fsp3) is 0.583. The SMILES string of the molecule is CC=C(CC)CC=C=C(C)CC. The van der Waals surface area contributed by atoms with Crippen molar-refractivity contribution >= 4 is 0 Å². The lowest BCUT2D eigenvalue weighted by Gasteiger charge is -1.95. The van der Waals surface area contributed by atoms with Crippen molar-refractivity contribution in [3.05, 3.63) is 29.0 Å². The molecule has 0 aromatic heterocycles. The summed E-state index contributed by atoms with van der Waals surface area (Å²) in [6.45, 7) is 8.58. The third-order valence-electron chi connectivity index (χ3n) is 2.11. The molecule has 0 spiro atoms. The molecule has 0 bridgehead atoms. The summed E-state index contributed by atoms with van der Waals surface area (Å²) in [6, 6.07) is 0. The van der Waals surface area contributed by atoms with Crippen molar-refractivity contribution in [2.75, 3.05) is 0 Å². The summed E-state index contributed by atoms with van der Waals surface area (Å²) in [7, 11) is 0. The molecule has 0 heteroatoms. The van der Waals surface area contributed by atoms with Crippen molar-refractivity contribution in [1.29, 1.82) is 0 Å². The molecule has 68 valence electrons. The van der Waals surface area contributed by atoms with Gasteiger partial charge in [0.15, 0.2) is 0 Å². The zero-order chi connectivity index (χ0) is 9.40. The highest BCUT2D eigenvalue weighted by Gasteiger charge is 1.86. The molecule has 0 rings (SSSR count). The smallest absolute Gasteiger partial charge is 0.00628 e. The minimum absolute atomic E-state index is 1.06. The first kappa shape index (κ1) is 11.3. The first-order valence-electron chi connectivity index (χ1n) is 4.79. The average Bonchev–Trinajstić information content (AvgIpc) is 2.12. The van der Waals surface area contributed by atoms with Crippen LogP contribution < -0.4 is 0 Å². The molecule has 0 aromatic carbocycles. The Labute approximate surface area is 76.7 Å². The molecule has 0 nitrogen and oxygen atoms in total. The van der Waals surface area contributed by atoms with Gasteiger partial charge in [0.1, 0.15) is 0 Å². The highest BCUT2D eigenvalue weighted by Crippen LogP contribution is 2.06. The summed E-state index contributed by atoms with van der Waals surface area (Å²) < 4.78 is 0. The summed E-state index contributed by atoms with van der Waals surface area (Å²) in [5, 5.41) is 0. The van der Waals surface area contributed by atoms with Crippen LogP contribution in [-0.4, -0.2) is 0 Å². The van der Waals surface area contributed by atoms with E-state index in [9.17, 15) is 0 Å². The Hall–Kier alpha value is -0.740. The van der Waals surface area contributed by atoms with Crippen molar-refractivity contribution in [2.24, 2.45) is 0 Å². The molecule has 0 amide bonds. The summed E-state index contributed by atoms with van der Waals surface area (Å²) in [5.41, 5.74) is 6.11. The highest BCUT2D eigenvalue weighted by atomic mass is 13.9. The zero-order valence-corrected chi connectivity index (χ0v) is 8.78. The van der Waals surface area contributed by atoms with Crippen LogP contribution in [0, 0.1) is 0 Å². The van der Waals surface area contributed by atoms with Crippen LogP contribution >= 0.6 is 0 Å². The lowest BCUT2D eigenvalue weighted by atomic mass is 10.1. The zero-order valence-electron chi connectivity index (χ0n) is 8.78. The van der Waals surface area contributed by atoms with Gasteiger partial charge in [-0.05, 0) is 44.8 Å². The molecule has 0 unspecified atom stereocenters. The van der Waals surface area contributed by atoms with Gasteiger partial charge in [-0.2, -0.15) is 0 Å². The molecule has 12 heavy (non-hydrogen) atoms. The normalized spacial score (nSPS) is 10.8. The number of allylic oxidation sites excluding steroid dienone is 3. The largest absolute Gasteiger partial charge is 0.126 e. The van der Waals surface area contributed by atoms with Crippen molar-refractivity contribution < 1.29 is 0 Å². The standard InChI is InChI=1S/C12H20/c1-5-11(4)9-8-10-12(6-2)7-3/h6,8H,5,7,10H2,1-4H3. The first-order valence-corrected chi connectivity index (χ1v) is 4.79. The molecule has 0 aliphatic carbocycles. The van der Waals surface area contributed by atoms with Gasteiger partial charge in [0.2, 0.25) is 0 Å². The van der Waals surface area contributed by atoms with Crippen LogP contribution in [0.4, 0.5) is 0 Å². The third kappa shape index (κ3) is 4.98. The van der Waals surface area contributed by atoms with Gasteiger partial charge < -0.3 is 0 Å². The fourth-order valence-corrected chi connectivity index (χ4v) is 0.925. The summed E-state index contributed by atoms with van der Waals surface area (Å²) >= 11 is 0. The second-order valence-electron chi connectivity index (χ2n) is 2.99. The van der Waals surface area contributed by atoms with Crippen molar-refractivity contribution in [1.82, 2.24) is 0 Å². The van der Waals surface area contributed by atoms with Gasteiger partial charge in [-0.25, -0.2) is 0 Å². The molecule has 0 fully saturated rings. The summed E-state index contributed by atoms with van der Waals surface area (Å²) in [5.74, 6) is 0. The number of rotatable bonds is 4. The molecule has 0 aliphatic heterocycles. The van der Waals surface area contributed by atoms with Crippen molar-refractivity contribution in [3.63, 3.8) is 0 Å². The maximum atomic E-state index is 3.28. The molecule has 0 heterocycles. The Morgan fingerprint density at radius 3 is 2.33 bits per heavy atom. The van der Waals surface area contributed by atoms with Crippen LogP contribution in [0.2, 0.25) is 0 Å². The van der Waals surface area contributed by atoms with Gasteiger partial charge in [-0.1, -0.05) is 25.5 Å². The van der Waals surface area contributed by atoms with E-state index in [0.29, 0.717) is 0 Å². The Morgan fingerprint density at radius 2 is 1.92 bits per heavy atom. The molecule has 0 aromatic rings. The topological polar surface area (TPSA) is 0 Å². The second-order valence-corrected chi connectivity index (χ2v) is 2.99. The van der Waals surface area contributed by atoms with Crippen LogP contribution in [0.1, 0.15) is 47.0 Å². The van der Waals surface area contributed by atoms with Crippen LogP contribution in [0.15, 0.2) is 29.0 Å². The lowest BCUT2D eigenvalue weighted by Crippen LogP contribution is -1.75. The van der Waals surface area contributed by atoms with E-state index in [1.807, 2.05) is 0 Å². The second kappa shape index (κ2) is 6.94. The minimum atomic E-state index is 1.06. The molecule has 0 atom stereocenters. The van der Waals surface area contributed by atoms with Gasteiger partial charge >= 0.3 is 0 Å². The van der Waals surface area contributed by atoms with E-state index in [0.717, 1.165) is 19.3 Å². The van der Waals surface area contributed by atoms with E-state index < -0.39 is 0 Å². The molecule has 0 aliphatic rings. The Bertz CT molecular complexity index is 200. The van der Waals surface area contributed by atoms with Gasteiger partial charge in [-0.15, -0.1) is 5.73 Å². The third-order valence-corrected chi connectivity index (χ3v) is 2.11. The lowest BCUT2D eigenvalue weighted by molar-refractivity contribution is 1.02. The predicted octanol–water partition coefficient (Wildman–Crippen LogP) is 4.24. The average molecular weight is 164 g/mol. The maximum Gasteiger partial charge on any atom is -0.00628 e. The molecule has 0 N–H and O–H groups in total. The molecule has 0 radical (unpaired) electrons. The van der Waals surface area contributed by atoms with Crippen LogP contribution in [0.5, 0.6) is 0 Å². The van der Waals surface area contributed by atoms with Gasteiger partial charge in [0.25, 0.3) is 0 Å². The highest BCUT2D eigenvalue weighted by molar-refractivity contribution is 5.07. The molecular weight excluding hydrogens is 144 g/mol. The van der Waals surface area contributed by atoms with Crippen LogP contribution in [0.25, 0.3) is 0 Å². The Kier molecular flexibility index (Phi) is 6.51. The predicted molar refractivity (Wildman–Crippen MR) is 56.2 cm³/mol. The van der Waals surface area contributed by atoms with Crippen molar-refractivity contribution in [2.45, 2.75) is 47.0 Å². The maximum absolute atomic E-state index is 3.28. The quantitative estimate of drug-likeness (QED) is 0.430. The Balaban J connectivity index is 4.05. The summed E-state index contributed by atoms with van der Waals surface area (Å²) in [4.78, 5) is 0. The fourth-order valence-electron chi connectivity index (χ4n) is 0.925. The van der Waals surface area contributed by atoms with Gasteiger partial charge in [0, 0.05) is 0 Å². The monoisotopic (exact) mass is 164 g/mol. The van der Waals surface area contributed by atoms with Crippen molar-refractivity contribution in [3.8, 4) is 0 Å². The van der Waals surface area contributed by atoms with E-state index in [-0.39, 0.29) is 0 Å². The van der Waals surface area contributed by atoms with E-state index in [1.165, 1.54) is 11.1 Å². The molecular formula is C12H20. The van der Waals surface area contributed by atoms with E-state index in [4.69, 9.17) is 0 Å². The Morgan fingerprint density at radius 1 is 1.25 bits per heavy atom. The number of hydrogen-bond donors (Lipinski definition) is 0.